The van der Waals surface area contributed by atoms with Crippen LogP contribution in [0.1, 0.15) is 58.8 Å². The largest absolute Gasteiger partial charge is 0.393 e. The van der Waals surface area contributed by atoms with Crippen molar-refractivity contribution in [2.24, 2.45) is 16.7 Å². The summed E-state index contributed by atoms with van der Waals surface area (Å²) >= 11 is 0. The minimum absolute atomic E-state index is 0.150. The Kier molecular flexibility index (Phi) is 3.27. The summed E-state index contributed by atoms with van der Waals surface area (Å²) in [5.41, 5.74) is -3.53. The summed E-state index contributed by atoms with van der Waals surface area (Å²) < 4.78 is 0. The van der Waals surface area contributed by atoms with Crippen molar-refractivity contribution in [3.8, 4) is 0 Å². The molecule has 7 atom stereocenters. The van der Waals surface area contributed by atoms with Gasteiger partial charge in [-0.3, -0.25) is 4.79 Å². The first-order chi connectivity index (χ1) is 11.1. The van der Waals surface area contributed by atoms with Gasteiger partial charge >= 0.3 is 0 Å². The van der Waals surface area contributed by atoms with Crippen molar-refractivity contribution in [3.05, 3.63) is 11.6 Å². The van der Waals surface area contributed by atoms with Crippen molar-refractivity contribution in [2.75, 3.05) is 0 Å². The number of hydrogen-bond acceptors (Lipinski definition) is 5. The topological polar surface area (TPSA) is 98.0 Å². The van der Waals surface area contributed by atoms with E-state index in [-0.39, 0.29) is 42.5 Å². The van der Waals surface area contributed by atoms with Gasteiger partial charge in [-0.2, -0.15) is 0 Å². The molecule has 4 N–H and O–H groups in total. The van der Waals surface area contributed by atoms with Gasteiger partial charge in [0.2, 0.25) is 0 Å². The maximum absolute atomic E-state index is 12.5. The Labute approximate surface area is 142 Å². The van der Waals surface area contributed by atoms with Gasteiger partial charge in [0.1, 0.15) is 17.0 Å². The number of fused-ring (bicyclic) bond motifs is 5. The van der Waals surface area contributed by atoms with E-state index in [9.17, 15) is 25.2 Å². The SMILES string of the molecule is CC12CCC(O)CC1=CCC1(O)C2CC(O)C2(C)C(=O)CCC12O. The van der Waals surface area contributed by atoms with Crippen LogP contribution in [0.25, 0.3) is 0 Å². The first kappa shape index (κ1) is 16.7. The summed E-state index contributed by atoms with van der Waals surface area (Å²) in [6.07, 6.45) is 3.62. The molecule has 3 fully saturated rings. The molecule has 7 unspecified atom stereocenters. The normalized spacial score (nSPS) is 57.0. The molecule has 0 aromatic rings. The highest BCUT2D eigenvalue weighted by Crippen LogP contribution is 2.67. The van der Waals surface area contributed by atoms with Crippen LogP contribution in [0.15, 0.2) is 11.6 Å². The van der Waals surface area contributed by atoms with Gasteiger partial charge in [0.15, 0.2) is 0 Å². The third-order valence-electron chi connectivity index (χ3n) is 8.19. The molecule has 0 aromatic carbocycles. The zero-order valence-corrected chi connectivity index (χ0v) is 14.5. The van der Waals surface area contributed by atoms with Crippen molar-refractivity contribution in [1.82, 2.24) is 0 Å². The van der Waals surface area contributed by atoms with Gasteiger partial charge < -0.3 is 20.4 Å². The molecular formula is C19H28O5. The third-order valence-corrected chi connectivity index (χ3v) is 8.19. The van der Waals surface area contributed by atoms with Gasteiger partial charge in [-0.05, 0) is 50.9 Å². The Morgan fingerprint density at radius 2 is 1.88 bits per heavy atom. The lowest BCUT2D eigenvalue weighted by Crippen LogP contribution is -2.75. The summed E-state index contributed by atoms with van der Waals surface area (Å²) in [6.45, 7) is 3.70. The minimum Gasteiger partial charge on any atom is -0.393 e. The van der Waals surface area contributed by atoms with Gasteiger partial charge in [0.05, 0.1) is 17.6 Å². The predicted octanol–water partition coefficient (Wildman–Crippen LogP) is 1.08. The van der Waals surface area contributed by atoms with E-state index < -0.39 is 22.7 Å². The fraction of sp³-hybridized carbons (Fsp3) is 0.842. The van der Waals surface area contributed by atoms with Crippen LogP contribution in [0.5, 0.6) is 0 Å². The summed E-state index contributed by atoms with van der Waals surface area (Å²) in [6, 6.07) is 0. The van der Waals surface area contributed by atoms with E-state index in [0.717, 1.165) is 12.0 Å². The molecular weight excluding hydrogens is 308 g/mol. The quantitative estimate of drug-likeness (QED) is 0.496. The Morgan fingerprint density at radius 1 is 1.17 bits per heavy atom. The van der Waals surface area contributed by atoms with Crippen molar-refractivity contribution < 1.29 is 25.2 Å². The summed E-state index contributed by atoms with van der Waals surface area (Å²) in [4.78, 5) is 12.5. The van der Waals surface area contributed by atoms with E-state index in [2.05, 4.69) is 6.92 Å². The van der Waals surface area contributed by atoms with Gasteiger partial charge in [-0.25, -0.2) is 0 Å². The van der Waals surface area contributed by atoms with E-state index in [1.54, 1.807) is 6.92 Å². The number of Topliss-reactive ketones (excluding diaryl/α,β-unsaturated/α-hetero) is 1. The van der Waals surface area contributed by atoms with Crippen molar-refractivity contribution >= 4 is 5.78 Å². The molecule has 0 radical (unpaired) electrons. The molecule has 0 bridgehead atoms. The van der Waals surface area contributed by atoms with Crippen LogP contribution in [0, 0.1) is 16.7 Å². The maximum atomic E-state index is 12.5. The monoisotopic (exact) mass is 336 g/mol. The molecule has 0 aromatic heterocycles. The molecule has 0 heterocycles. The molecule has 4 aliphatic carbocycles. The number of aliphatic hydroxyl groups is 4. The molecule has 5 nitrogen and oxygen atoms in total. The zero-order chi connectivity index (χ0) is 17.5. The molecule has 0 aliphatic heterocycles. The van der Waals surface area contributed by atoms with Crippen molar-refractivity contribution in [1.29, 1.82) is 0 Å². The molecule has 134 valence electrons. The van der Waals surface area contributed by atoms with Crippen LogP contribution in [0.4, 0.5) is 0 Å². The zero-order valence-electron chi connectivity index (χ0n) is 14.5. The average Bonchev–Trinajstić information content (AvgIpc) is 2.78. The second-order valence-electron chi connectivity index (χ2n) is 8.96. The maximum Gasteiger partial charge on any atom is 0.144 e. The molecule has 4 aliphatic rings. The fourth-order valence-electron chi connectivity index (χ4n) is 6.42. The number of hydrogen-bond donors (Lipinski definition) is 4. The summed E-state index contributed by atoms with van der Waals surface area (Å²) in [5, 5.41) is 44.0. The molecule has 3 saturated carbocycles. The molecule has 0 amide bonds. The third kappa shape index (κ3) is 1.62. The van der Waals surface area contributed by atoms with Crippen molar-refractivity contribution in [3.63, 3.8) is 0 Å². The number of aliphatic hydroxyl groups excluding tert-OH is 2. The van der Waals surface area contributed by atoms with Crippen LogP contribution in [0.2, 0.25) is 0 Å². The molecule has 24 heavy (non-hydrogen) atoms. The summed E-state index contributed by atoms with van der Waals surface area (Å²) in [5.74, 6) is -0.458. The Balaban J connectivity index is 1.86. The first-order valence-electron chi connectivity index (χ1n) is 9.13. The van der Waals surface area contributed by atoms with Crippen LogP contribution in [0.3, 0.4) is 0 Å². The van der Waals surface area contributed by atoms with Crippen LogP contribution in [-0.2, 0) is 4.79 Å². The van der Waals surface area contributed by atoms with Gasteiger partial charge in [0, 0.05) is 12.3 Å². The van der Waals surface area contributed by atoms with E-state index in [0.29, 0.717) is 19.3 Å². The number of ketones is 1. The lowest BCUT2D eigenvalue weighted by Gasteiger charge is -2.65. The highest BCUT2D eigenvalue weighted by atomic mass is 16.4. The smallest absolute Gasteiger partial charge is 0.144 e. The Hall–Kier alpha value is -0.750. The van der Waals surface area contributed by atoms with E-state index in [1.807, 2.05) is 6.08 Å². The van der Waals surface area contributed by atoms with Crippen molar-refractivity contribution in [2.45, 2.75) is 82.2 Å². The number of rotatable bonds is 0. The van der Waals surface area contributed by atoms with Crippen LogP contribution in [-0.4, -0.2) is 49.6 Å². The first-order valence-corrected chi connectivity index (χ1v) is 9.13. The Morgan fingerprint density at radius 3 is 2.58 bits per heavy atom. The predicted molar refractivity (Wildman–Crippen MR) is 87.0 cm³/mol. The van der Waals surface area contributed by atoms with Gasteiger partial charge in [0.25, 0.3) is 0 Å². The average molecular weight is 336 g/mol. The summed E-state index contributed by atoms with van der Waals surface area (Å²) in [7, 11) is 0. The van der Waals surface area contributed by atoms with E-state index in [4.69, 9.17) is 0 Å². The fourth-order valence-corrected chi connectivity index (χ4v) is 6.42. The van der Waals surface area contributed by atoms with Gasteiger partial charge in [-0.15, -0.1) is 0 Å². The lowest BCUT2D eigenvalue weighted by molar-refractivity contribution is -0.286. The number of carbonyl (C=O) groups is 1. The molecule has 0 spiro atoms. The molecule has 0 saturated heterocycles. The highest BCUT2D eigenvalue weighted by Gasteiger charge is 2.76. The standard InChI is InChI=1S/C19H28O5/c1-16-6-4-12(20)9-11(16)3-7-18(23)13(16)10-15(22)17(2)14(21)5-8-19(17,18)24/h3,12-13,15,20,22-24H,4-10H2,1-2H3. The molecule has 5 heteroatoms. The minimum atomic E-state index is -1.60. The van der Waals surface area contributed by atoms with Gasteiger partial charge in [-0.1, -0.05) is 18.6 Å². The molecule has 4 rings (SSSR count). The Bertz CT molecular complexity index is 629. The van der Waals surface area contributed by atoms with Crippen LogP contribution >= 0.6 is 0 Å². The second kappa shape index (κ2) is 4.70. The van der Waals surface area contributed by atoms with Crippen LogP contribution < -0.4 is 0 Å². The second-order valence-corrected chi connectivity index (χ2v) is 8.96. The van der Waals surface area contributed by atoms with E-state index in [1.165, 1.54) is 0 Å². The highest BCUT2D eigenvalue weighted by molar-refractivity contribution is 5.90. The number of carbonyl (C=O) groups excluding carboxylic acids is 1. The van der Waals surface area contributed by atoms with E-state index >= 15 is 0 Å². The lowest BCUT2D eigenvalue weighted by atomic mass is 9.43.